The normalized spacial score (nSPS) is 17.1. The van der Waals surface area contributed by atoms with Crippen LogP contribution in [0.4, 0.5) is 20.3 Å². The number of nitrogens with two attached hydrogens (primary N) is 1. The van der Waals surface area contributed by atoms with Crippen molar-refractivity contribution in [3.05, 3.63) is 88.0 Å². The van der Waals surface area contributed by atoms with Gasteiger partial charge >= 0.3 is 0 Å². The van der Waals surface area contributed by atoms with Gasteiger partial charge in [-0.3, -0.25) is 9.69 Å². The molecule has 0 radical (unpaired) electrons. The number of benzene rings is 1. The highest BCUT2D eigenvalue weighted by Gasteiger charge is 2.29. The Morgan fingerprint density at radius 1 is 1.07 bits per heavy atom. The largest absolute Gasteiger partial charge is 0.481 e. The molecule has 4 aromatic rings. The van der Waals surface area contributed by atoms with E-state index in [-0.39, 0.29) is 35.3 Å². The lowest BCUT2D eigenvalue weighted by Gasteiger charge is -2.40. The molecule has 2 aliphatic rings. The van der Waals surface area contributed by atoms with Crippen molar-refractivity contribution in [1.82, 2.24) is 19.4 Å². The topological polar surface area (TPSA) is 89.5 Å². The van der Waals surface area contributed by atoms with Gasteiger partial charge in [0, 0.05) is 73.7 Å². The zero-order chi connectivity index (χ0) is 27.8. The first kappa shape index (κ1) is 28.8. The summed E-state index contributed by atoms with van der Waals surface area (Å²) in [6, 6.07) is 10.1. The Bertz CT molecular complexity index is 1590. The average molecular weight is 583 g/mol. The van der Waals surface area contributed by atoms with Gasteiger partial charge in [0.05, 0.1) is 24.5 Å². The molecule has 1 atom stereocenters. The molecule has 2 fully saturated rings. The Morgan fingerprint density at radius 2 is 1.88 bits per heavy atom. The summed E-state index contributed by atoms with van der Waals surface area (Å²) in [4.78, 5) is 26.8. The predicted molar refractivity (Wildman–Crippen MR) is 158 cm³/mol. The number of hydrogen-bond acceptors (Lipinski definition) is 7. The molecule has 6 rings (SSSR count). The Balaban J connectivity index is 0.00000337. The standard InChI is InChI=1S/C30H32F2N6O2.ClH/c1-40-29-11-19(8-9-34-29)15-37(23-3-2-10-36(18-23)22-6-7-28(33)35-14-22)16-20-17-38(21-4-5-21)27-13-26(32)25(31)12-24(27)30(20)39;/h6-9,11-14,17,21,23H,2-5,10,15-16,18H2,1H3,(H2,33,35);1H/t23-;/m0./s1. The van der Waals surface area contributed by atoms with E-state index in [1.807, 2.05) is 29.0 Å². The van der Waals surface area contributed by atoms with Crippen LogP contribution in [0.2, 0.25) is 0 Å². The Morgan fingerprint density at radius 3 is 2.61 bits per heavy atom. The SMILES string of the molecule is COc1cc(CN(Cc2cn(C3CC3)c3cc(F)c(F)cc3c2=O)[C@H]2CCCN(c3ccc(N)nc3)C2)ccn1.Cl. The van der Waals surface area contributed by atoms with E-state index in [2.05, 4.69) is 19.8 Å². The number of methoxy groups -OCH3 is 1. The third kappa shape index (κ3) is 6.13. The molecule has 3 aromatic heterocycles. The zero-order valence-corrected chi connectivity index (χ0v) is 23.6. The van der Waals surface area contributed by atoms with Gasteiger partial charge < -0.3 is 19.9 Å². The van der Waals surface area contributed by atoms with Gasteiger partial charge in [0.15, 0.2) is 17.1 Å². The quantitative estimate of drug-likeness (QED) is 0.310. The number of anilines is 2. The maximum Gasteiger partial charge on any atom is 0.213 e. The molecule has 1 aliphatic heterocycles. The van der Waals surface area contributed by atoms with E-state index in [1.165, 1.54) is 0 Å². The van der Waals surface area contributed by atoms with E-state index < -0.39 is 11.6 Å². The van der Waals surface area contributed by atoms with Gasteiger partial charge in [0.1, 0.15) is 5.82 Å². The number of nitrogens with zero attached hydrogens (tertiary/aromatic N) is 5. The van der Waals surface area contributed by atoms with Crippen LogP contribution < -0.4 is 20.8 Å². The fourth-order valence-corrected chi connectivity index (χ4v) is 5.67. The van der Waals surface area contributed by atoms with Crippen LogP contribution >= 0.6 is 12.4 Å². The van der Waals surface area contributed by atoms with Crippen LogP contribution in [-0.2, 0) is 13.1 Å². The fourth-order valence-electron chi connectivity index (χ4n) is 5.67. The lowest BCUT2D eigenvalue weighted by molar-refractivity contribution is 0.158. The summed E-state index contributed by atoms with van der Waals surface area (Å²) in [5.41, 5.74) is 8.57. The van der Waals surface area contributed by atoms with Crippen molar-refractivity contribution in [1.29, 1.82) is 0 Å². The number of piperidine rings is 1. The summed E-state index contributed by atoms with van der Waals surface area (Å²) < 4.78 is 35.8. The van der Waals surface area contributed by atoms with Crippen LogP contribution in [0.3, 0.4) is 0 Å². The predicted octanol–water partition coefficient (Wildman–Crippen LogP) is 5.09. The summed E-state index contributed by atoms with van der Waals surface area (Å²) >= 11 is 0. The van der Waals surface area contributed by atoms with Crippen LogP contribution in [0.5, 0.6) is 5.88 Å². The molecule has 1 saturated carbocycles. The Kier molecular flexibility index (Phi) is 8.42. The Hall–Kier alpha value is -3.76. The average Bonchev–Trinajstić information content (AvgIpc) is 3.81. The van der Waals surface area contributed by atoms with E-state index in [1.54, 1.807) is 25.6 Å². The van der Waals surface area contributed by atoms with E-state index in [0.29, 0.717) is 35.9 Å². The first-order chi connectivity index (χ1) is 19.4. The second kappa shape index (κ2) is 12.0. The minimum atomic E-state index is -1.01. The molecule has 8 nitrogen and oxygen atoms in total. The zero-order valence-electron chi connectivity index (χ0n) is 22.8. The van der Waals surface area contributed by atoms with E-state index >= 15 is 0 Å². The van der Waals surface area contributed by atoms with Gasteiger partial charge in [-0.15, -0.1) is 12.4 Å². The second-order valence-electron chi connectivity index (χ2n) is 10.7. The molecule has 1 aliphatic carbocycles. The smallest absolute Gasteiger partial charge is 0.213 e. The van der Waals surface area contributed by atoms with Gasteiger partial charge in [-0.25, -0.2) is 18.7 Å². The highest BCUT2D eigenvalue weighted by Crippen LogP contribution is 2.37. The Labute approximate surface area is 243 Å². The molecule has 4 heterocycles. The number of ether oxygens (including phenoxy) is 1. The summed E-state index contributed by atoms with van der Waals surface area (Å²) in [5, 5.41) is 0.215. The molecule has 0 amide bonds. The highest BCUT2D eigenvalue weighted by molar-refractivity contribution is 5.85. The van der Waals surface area contributed by atoms with Crippen molar-refractivity contribution in [2.45, 2.75) is 50.9 Å². The summed E-state index contributed by atoms with van der Waals surface area (Å²) in [7, 11) is 1.58. The van der Waals surface area contributed by atoms with Crippen LogP contribution in [0.25, 0.3) is 10.9 Å². The molecule has 1 saturated heterocycles. The second-order valence-corrected chi connectivity index (χ2v) is 10.7. The third-order valence-electron chi connectivity index (χ3n) is 7.90. The van der Waals surface area contributed by atoms with Crippen molar-refractivity contribution in [2.24, 2.45) is 0 Å². The van der Waals surface area contributed by atoms with Crippen molar-refractivity contribution in [2.75, 3.05) is 30.8 Å². The van der Waals surface area contributed by atoms with E-state index in [0.717, 1.165) is 62.2 Å². The number of nitrogen functional groups attached to an aromatic ring is 1. The van der Waals surface area contributed by atoms with Crippen molar-refractivity contribution >= 4 is 34.8 Å². The number of rotatable bonds is 8. The van der Waals surface area contributed by atoms with Crippen molar-refractivity contribution in [3.63, 3.8) is 0 Å². The summed E-state index contributed by atoms with van der Waals surface area (Å²) in [5.74, 6) is -0.952. The highest BCUT2D eigenvalue weighted by atomic mass is 35.5. The number of pyridine rings is 3. The van der Waals surface area contributed by atoms with E-state index in [9.17, 15) is 13.6 Å². The molecule has 1 aromatic carbocycles. The molecule has 0 spiro atoms. The first-order valence-electron chi connectivity index (χ1n) is 13.6. The van der Waals surface area contributed by atoms with Gasteiger partial charge in [-0.1, -0.05) is 0 Å². The molecular formula is C30H33ClF2N6O2. The monoisotopic (exact) mass is 582 g/mol. The van der Waals surface area contributed by atoms with Gasteiger partial charge in [0.2, 0.25) is 5.88 Å². The molecule has 0 unspecified atom stereocenters. The third-order valence-corrected chi connectivity index (χ3v) is 7.90. The minimum Gasteiger partial charge on any atom is -0.481 e. The first-order valence-corrected chi connectivity index (χ1v) is 13.6. The van der Waals surface area contributed by atoms with Crippen molar-refractivity contribution in [3.8, 4) is 5.88 Å². The molecule has 0 bridgehead atoms. The lowest BCUT2D eigenvalue weighted by Crippen LogP contribution is -2.48. The molecular weight excluding hydrogens is 550 g/mol. The maximum absolute atomic E-state index is 14.3. The number of hydrogen-bond donors (Lipinski definition) is 1. The summed E-state index contributed by atoms with van der Waals surface area (Å²) in [6.07, 6.45) is 9.18. The van der Waals surface area contributed by atoms with E-state index in [4.69, 9.17) is 10.5 Å². The van der Waals surface area contributed by atoms with Gasteiger partial charge in [-0.2, -0.15) is 0 Å². The molecule has 41 heavy (non-hydrogen) atoms. The number of fused-ring (bicyclic) bond motifs is 1. The lowest BCUT2D eigenvalue weighted by atomic mass is 10.0. The summed E-state index contributed by atoms with van der Waals surface area (Å²) in [6.45, 7) is 2.58. The van der Waals surface area contributed by atoms with Gasteiger partial charge in [0.25, 0.3) is 0 Å². The maximum atomic E-state index is 14.3. The number of aromatic nitrogens is 3. The van der Waals surface area contributed by atoms with Crippen LogP contribution in [0.15, 0.2) is 59.8 Å². The minimum absolute atomic E-state index is 0. The van der Waals surface area contributed by atoms with Gasteiger partial charge in [-0.05, 0) is 55.5 Å². The van der Waals surface area contributed by atoms with Crippen LogP contribution in [-0.4, -0.2) is 45.7 Å². The number of halogens is 3. The van der Waals surface area contributed by atoms with Crippen molar-refractivity contribution < 1.29 is 13.5 Å². The molecule has 216 valence electrons. The molecule has 11 heteroatoms. The van der Waals surface area contributed by atoms with Crippen LogP contribution in [0, 0.1) is 11.6 Å². The molecule has 2 N–H and O–H groups in total. The van der Waals surface area contributed by atoms with Crippen LogP contribution in [0.1, 0.15) is 42.9 Å². The fraction of sp³-hybridized carbons (Fsp3) is 0.367.